The highest BCUT2D eigenvalue weighted by molar-refractivity contribution is 5.82. The molecule has 0 radical (unpaired) electrons. The van der Waals surface area contributed by atoms with Crippen LogP contribution in [0.5, 0.6) is 11.5 Å². The first-order valence-corrected chi connectivity index (χ1v) is 7.63. The Morgan fingerprint density at radius 1 is 1.33 bits per heavy atom. The summed E-state index contributed by atoms with van der Waals surface area (Å²) in [5.41, 5.74) is 1.02. The molecule has 2 aliphatic heterocycles. The fourth-order valence-corrected chi connectivity index (χ4v) is 2.90. The minimum atomic E-state index is -0.0732. The van der Waals surface area contributed by atoms with Gasteiger partial charge in [-0.15, -0.1) is 0 Å². The molecule has 2 aliphatic rings. The van der Waals surface area contributed by atoms with Crippen molar-refractivity contribution in [3.8, 4) is 11.5 Å². The van der Waals surface area contributed by atoms with Crippen molar-refractivity contribution in [2.75, 3.05) is 19.8 Å². The predicted molar refractivity (Wildman–Crippen MR) is 79.5 cm³/mol. The maximum absolute atomic E-state index is 12.2. The average Bonchev–Trinajstić information content (AvgIpc) is 2.53. The lowest BCUT2D eigenvalue weighted by Crippen LogP contribution is -2.50. The highest BCUT2D eigenvalue weighted by atomic mass is 16.6. The van der Waals surface area contributed by atoms with E-state index in [-0.39, 0.29) is 11.9 Å². The first-order chi connectivity index (χ1) is 10.2. The highest BCUT2D eigenvalue weighted by Gasteiger charge is 2.27. The molecule has 0 saturated carbocycles. The van der Waals surface area contributed by atoms with Crippen LogP contribution in [0.4, 0.5) is 0 Å². The molecule has 0 spiro atoms. The highest BCUT2D eigenvalue weighted by Crippen LogP contribution is 2.30. The van der Waals surface area contributed by atoms with Crippen LogP contribution >= 0.6 is 0 Å². The molecule has 5 heteroatoms. The van der Waals surface area contributed by atoms with E-state index >= 15 is 0 Å². The lowest BCUT2D eigenvalue weighted by atomic mass is 9.92. The standard InChI is InChI=1S/C16H22N2O3/c1-11-3-2-6-17-15(11)16(19)18-10-12-4-5-13-14(9-12)21-8-7-20-13/h4-5,9,11,15,17H,2-3,6-8,10H2,1H3,(H,18,19). The van der Waals surface area contributed by atoms with Crippen LogP contribution in [-0.4, -0.2) is 31.7 Å². The van der Waals surface area contributed by atoms with Crippen molar-refractivity contribution in [1.82, 2.24) is 10.6 Å². The van der Waals surface area contributed by atoms with E-state index in [0.717, 1.165) is 36.4 Å². The van der Waals surface area contributed by atoms with Crippen LogP contribution in [-0.2, 0) is 11.3 Å². The van der Waals surface area contributed by atoms with Gasteiger partial charge in [0.2, 0.25) is 5.91 Å². The second-order valence-corrected chi connectivity index (χ2v) is 5.75. The Kier molecular flexibility index (Phi) is 4.29. The molecule has 21 heavy (non-hydrogen) atoms. The maximum atomic E-state index is 12.2. The zero-order valence-electron chi connectivity index (χ0n) is 12.4. The van der Waals surface area contributed by atoms with Crippen molar-refractivity contribution in [3.63, 3.8) is 0 Å². The van der Waals surface area contributed by atoms with Crippen LogP contribution in [0.1, 0.15) is 25.3 Å². The normalized spacial score (nSPS) is 24.4. The Balaban J connectivity index is 1.58. The molecule has 1 saturated heterocycles. The minimum absolute atomic E-state index is 0.0732. The van der Waals surface area contributed by atoms with E-state index in [0.29, 0.717) is 25.7 Å². The predicted octanol–water partition coefficient (Wildman–Crippen LogP) is 1.46. The van der Waals surface area contributed by atoms with Gasteiger partial charge in [0.1, 0.15) is 13.2 Å². The Labute approximate surface area is 125 Å². The monoisotopic (exact) mass is 290 g/mol. The van der Waals surface area contributed by atoms with Gasteiger partial charge >= 0.3 is 0 Å². The number of hydrogen-bond acceptors (Lipinski definition) is 4. The van der Waals surface area contributed by atoms with Gasteiger partial charge in [-0.05, 0) is 43.0 Å². The average molecular weight is 290 g/mol. The smallest absolute Gasteiger partial charge is 0.237 e. The van der Waals surface area contributed by atoms with Gasteiger partial charge in [-0.1, -0.05) is 13.0 Å². The van der Waals surface area contributed by atoms with Crippen molar-refractivity contribution in [3.05, 3.63) is 23.8 Å². The van der Waals surface area contributed by atoms with Crippen LogP contribution in [0, 0.1) is 5.92 Å². The summed E-state index contributed by atoms with van der Waals surface area (Å²) in [4.78, 5) is 12.2. The third-order valence-electron chi connectivity index (χ3n) is 4.13. The number of carbonyl (C=O) groups is 1. The molecular formula is C16H22N2O3. The Bertz CT molecular complexity index is 518. The zero-order valence-corrected chi connectivity index (χ0v) is 12.4. The van der Waals surface area contributed by atoms with Gasteiger partial charge in [0.15, 0.2) is 11.5 Å². The summed E-state index contributed by atoms with van der Waals surface area (Å²) in [6.07, 6.45) is 2.25. The van der Waals surface area contributed by atoms with E-state index < -0.39 is 0 Å². The lowest BCUT2D eigenvalue weighted by molar-refractivity contribution is -0.125. The number of fused-ring (bicyclic) bond motifs is 1. The molecule has 0 aromatic heterocycles. The van der Waals surface area contributed by atoms with Crippen molar-refractivity contribution in [2.45, 2.75) is 32.4 Å². The maximum Gasteiger partial charge on any atom is 0.237 e. The van der Waals surface area contributed by atoms with Gasteiger partial charge in [-0.2, -0.15) is 0 Å². The summed E-state index contributed by atoms with van der Waals surface area (Å²) < 4.78 is 11.0. The third-order valence-corrected chi connectivity index (χ3v) is 4.13. The molecule has 2 heterocycles. The van der Waals surface area contributed by atoms with Crippen LogP contribution in [0.2, 0.25) is 0 Å². The van der Waals surface area contributed by atoms with E-state index in [2.05, 4.69) is 17.6 Å². The number of ether oxygens (including phenoxy) is 2. The number of rotatable bonds is 3. The minimum Gasteiger partial charge on any atom is -0.486 e. The zero-order chi connectivity index (χ0) is 14.7. The van der Waals surface area contributed by atoms with Gasteiger partial charge in [0, 0.05) is 6.54 Å². The SMILES string of the molecule is CC1CCCNC1C(=O)NCc1ccc2c(c1)OCCO2. The molecule has 2 atom stereocenters. The van der Waals surface area contributed by atoms with Gasteiger partial charge in [-0.3, -0.25) is 4.79 Å². The Morgan fingerprint density at radius 2 is 2.14 bits per heavy atom. The van der Waals surface area contributed by atoms with Crippen LogP contribution in [0.15, 0.2) is 18.2 Å². The Hall–Kier alpha value is -1.75. The van der Waals surface area contributed by atoms with Crippen molar-refractivity contribution >= 4 is 5.91 Å². The molecule has 5 nitrogen and oxygen atoms in total. The van der Waals surface area contributed by atoms with E-state index in [1.54, 1.807) is 0 Å². The van der Waals surface area contributed by atoms with E-state index in [4.69, 9.17) is 9.47 Å². The summed E-state index contributed by atoms with van der Waals surface area (Å²) in [7, 11) is 0. The first-order valence-electron chi connectivity index (χ1n) is 7.63. The topological polar surface area (TPSA) is 59.6 Å². The van der Waals surface area contributed by atoms with Crippen LogP contribution < -0.4 is 20.1 Å². The van der Waals surface area contributed by atoms with Crippen molar-refractivity contribution in [1.29, 1.82) is 0 Å². The Morgan fingerprint density at radius 3 is 2.95 bits per heavy atom. The summed E-state index contributed by atoms with van der Waals surface area (Å²) >= 11 is 0. The van der Waals surface area contributed by atoms with Crippen LogP contribution in [0.3, 0.4) is 0 Å². The summed E-state index contributed by atoms with van der Waals surface area (Å²) in [5.74, 6) is 2.01. The van der Waals surface area contributed by atoms with Gasteiger partial charge < -0.3 is 20.1 Å². The van der Waals surface area contributed by atoms with Gasteiger partial charge in [0.25, 0.3) is 0 Å². The first kappa shape index (κ1) is 14.2. The number of amides is 1. The molecule has 1 amide bonds. The summed E-state index contributed by atoms with van der Waals surface area (Å²) in [5, 5.41) is 6.31. The number of carbonyl (C=O) groups excluding carboxylic acids is 1. The number of hydrogen-bond donors (Lipinski definition) is 2. The van der Waals surface area contributed by atoms with E-state index in [9.17, 15) is 4.79 Å². The van der Waals surface area contributed by atoms with E-state index in [1.165, 1.54) is 0 Å². The molecule has 114 valence electrons. The molecule has 3 rings (SSSR count). The number of nitrogens with one attached hydrogen (secondary N) is 2. The van der Waals surface area contributed by atoms with Crippen LogP contribution in [0.25, 0.3) is 0 Å². The summed E-state index contributed by atoms with van der Waals surface area (Å²) in [6.45, 7) is 4.73. The molecule has 1 aromatic rings. The van der Waals surface area contributed by atoms with Crippen molar-refractivity contribution in [2.24, 2.45) is 5.92 Å². The largest absolute Gasteiger partial charge is 0.486 e. The van der Waals surface area contributed by atoms with Crippen molar-refractivity contribution < 1.29 is 14.3 Å². The number of piperidine rings is 1. The molecule has 0 bridgehead atoms. The molecular weight excluding hydrogens is 268 g/mol. The summed E-state index contributed by atoms with van der Waals surface area (Å²) in [6, 6.07) is 5.73. The second-order valence-electron chi connectivity index (χ2n) is 5.75. The fraction of sp³-hybridized carbons (Fsp3) is 0.562. The van der Waals surface area contributed by atoms with Gasteiger partial charge in [0.05, 0.1) is 6.04 Å². The quantitative estimate of drug-likeness (QED) is 0.885. The third kappa shape index (κ3) is 3.29. The molecule has 0 aliphatic carbocycles. The van der Waals surface area contributed by atoms with E-state index in [1.807, 2.05) is 18.2 Å². The number of benzene rings is 1. The fourth-order valence-electron chi connectivity index (χ4n) is 2.90. The molecule has 2 unspecified atom stereocenters. The molecule has 1 fully saturated rings. The lowest BCUT2D eigenvalue weighted by Gasteiger charge is -2.29. The molecule has 2 N–H and O–H groups in total. The molecule has 1 aromatic carbocycles. The van der Waals surface area contributed by atoms with Gasteiger partial charge in [-0.25, -0.2) is 0 Å². The second kappa shape index (κ2) is 6.35.